The number of hydrogen-bond acceptors (Lipinski definition) is 6. The minimum absolute atomic E-state index is 0.0173. The maximum atomic E-state index is 12.7. The third-order valence-corrected chi connectivity index (χ3v) is 4.51. The van der Waals surface area contributed by atoms with Gasteiger partial charge in [-0.15, -0.1) is 0 Å². The summed E-state index contributed by atoms with van der Waals surface area (Å²) in [4.78, 5) is 36.5. The zero-order valence-corrected chi connectivity index (χ0v) is 17.0. The molecule has 0 aliphatic rings. The monoisotopic (exact) mass is 429 g/mol. The number of carbonyl (C=O) groups excluding carboxylic acids is 2. The van der Waals surface area contributed by atoms with Crippen LogP contribution in [0.4, 0.5) is 4.79 Å². The van der Waals surface area contributed by atoms with Crippen molar-refractivity contribution in [1.82, 2.24) is 10.6 Å². The Hall–Kier alpha value is -3.59. The fourth-order valence-electron chi connectivity index (χ4n) is 2.84. The lowest BCUT2D eigenvalue weighted by Crippen LogP contribution is -2.52. The van der Waals surface area contributed by atoms with Crippen LogP contribution < -0.4 is 16.4 Å². The van der Waals surface area contributed by atoms with Gasteiger partial charge in [0.2, 0.25) is 5.91 Å². The van der Waals surface area contributed by atoms with Crippen LogP contribution in [-0.2, 0) is 27.4 Å². The summed E-state index contributed by atoms with van der Waals surface area (Å²) < 4.78 is 5.15. The number of benzene rings is 2. The first-order valence-electron chi connectivity index (χ1n) is 9.87. The Balaban J connectivity index is 1.97. The van der Waals surface area contributed by atoms with Crippen LogP contribution in [-0.4, -0.2) is 46.8 Å². The van der Waals surface area contributed by atoms with Crippen LogP contribution in [0.2, 0.25) is 0 Å². The first-order valence-corrected chi connectivity index (χ1v) is 9.87. The van der Waals surface area contributed by atoms with E-state index < -0.39 is 30.1 Å². The summed E-state index contributed by atoms with van der Waals surface area (Å²) >= 11 is 0. The summed E-state index contributed by atoms with van der Waals surface area (Å²) in [5.41, 5.74) is 6.93. The number of carboxylic acids is 1. The molecule has 0 aromatic heterocycles. The molecule has 31 heavy (non-hydrogen) atoms. The number of rotatable bonds is 11. The molecule has 0 saturated heterocycles. The Labute approximate surface area is 180 Å². The van der Waals surface area contributed by atoms with Crippen molar-refractivity contribution >= 4 is 18.0 Å². The van der Waals surface area contributed by atoms with Crippen molar-refractivity contribution in [2.24, 2.45) is 5.73 Å². The standard InChI is InChI=1S/C22H27N3O6/c23-12-4-7-18(25-22(30)31-14-16-5-2-1-3-6-16)20(27)24-19(21(28)29)13-15-8-10-17(26)11-9-15/h1-3,5-6,8-11,18-19,26H,4,7,12-14,23H2,(H,24,27)(H,25,30)(H,28,29)/t18-,19+/m1/s1. The van der Waals surface area contributed by atoms with Gasteiger partial charge in [0.1, 0.15) is 24.4 Å². The Morgan fingerprint density at radius 3 is 2.23 bits per heavy atom. The van der Waals surface area contributed by atoms with Gasteiger partial charge in [0.05, 0.1) is 0 Å². The Morgan fingerprint density at radius 2 is 1.61 bits per heavy atom. The molecule has 0 heterocycles. The summed E-state index contributed by atoms with van der Waals surface area (Å²) in [6.07, 6.45) is -0.0868. The predicted molar refractivity (Wildman–Crippen MR) is 113 cm³/mol. The van der Waals surface area contributed by atoms with E-state index in [2.05, 4.69) is 10.6 Å². The summed E-state index contributed by atoms with van der Waals surface area (Å²) in [5, 5.41) is 23.8. The quantitative estimate of drug-likeness (QED) is 0.363. The van der Waals surface area contributed by atoms with Crippen molar-refractivity contribution in [3.63, 3.8) is 0 Å². The molecule has 0 aliphatic carbocycles. The van der Waals surface area contributed by atoms with Gasteiger partial charge in [-0.25, -0.2) is 9.59 Å². The zero-order chi connectivity index (χ0) is 22.6. The number of aromatic hydroxyl groups is 1. The lowest BCUT2D eigenvalue weighted by Gasteiger charge is -2.21. The number of alkyl carbamates (subject to hydrolysis) is 1. The SMILES string of the molecule is NCCC[C@@H](NC(=O)OCc1ccccc1)C(=O)N[C@@H](Cc1ccc(O)cc1)C(=O)O. The number of carbonyl (C=O) groups is 3. The van der Waals surface area contributed by atoms with Crippen molar-refractivity contribution in [3.05, 3.63) is 65.7 Å². The molecule has 0 fully saturated rings. The van der Waals surface area contributed by atoms with Crippen LogP contribution >= 0.6 is 0 Å². The number of hydrogen-bond donors (Lipinski definition) is 5. The van der Waals surface area contributed by atoms with Gasteiger partial charge in [-0.05, 0) is 42.6 Å². The topological polar surface area (TPSA) is 151 Å². The number of nitrogens with one attached hydrogen (secondary N) is 2. The average Bonchev–Trinajstić information content (AvgIpc) is 2.76. The fraction of sp³-hybridized carbons (Fsp3) is 0.318. The summed E-state index contributed by atoms with van der Waals surface area (Å²) in [6.45, 7) is 0.344. The van der Waals surface area contributed by atoms with Gasteiger partial charge in [0.15, 0.2) is 0 Å². The van der Waals surface area contributed by atoms with E-state index in [4.69, 9.17) is 10.5 Å². The van der Waals surface area contributed by atoms with E-state index in [1.165, 1.54) is 12.1 Å². The molecule has 2 amide bonds. The van der Waals surface area contributed by atoms with Crippen molar-refractivity contribution < 1.29 is 29.3 Å². The first-order chi connectivity index (χ1) is 14.9. The molecule has 0 radical (unpaired) electrons. The molecular weight excluding hydrogens is 402 g/mol. The maximum absolute atomic E-state index is 12.7. The zero-order valence-electron chi connectivity index (χ0n) is 17.0. The molecule has 9 nitrogen and oxygen atoms in total. The van der Waals surface area contributed by atoms with Gasteiger partial charge in [0.25, 0.3) is 0 Å². The van der Waals surface area contributed by atoms with E-state index in [-0.39, 0.29) is 25.2 Å². The van der Waals surface area contributed by atoms with E-state index in [0.717, 1.165) is 5.56 Å². The molecule has 0 unspecified atom stereocenters. The molecular formula is C22H27N3O6. The van der Waals surface area contributed by atoms with Gasteiger partial charge < -0.3 is 31.3 Å². The smallest absolute Gasteiger partial charge is 0.408 e. The third-order valence-electron chi connectivity index (χ3n) is 4.51. The first kappa shape index (κ1) is 23.7. The van der Waals surface area contributed by atoms with E-state index in [1.807, 2.05) is 18.2 Å². The molecule has 0 aliphatic heterocycles. The maximum Gasteiger partial charge on any atom is 0.408 e. The van der Waals surface area contributed by atoms with Crippen LogP contribution in [0.15, 0.2) is 54.6 Å². The van der Waals surface area contributed by atoms with Crippen LogP contribution in [0.1, 0.15) is 24.0 Å². The third kappa shape index (κ3) is 8.35. The highest BCUT2D eigenvalue weighted by atomic mass is 16.5. The predicted octanol–water partition coefficient (Wildman–Crippen LogP) is 1.54. The number of nitrogens with two attached hydrogens (primary N) is 1. The Kier molecular flexibility index (Phi) is 9.31. The van der Waals surface area contributed by atoms with Gasteiger partial charge in [-0.2, -0.15) is 0 Å². The fourth-order valence-corrected chi connectivity index (χ4v) is 2.84. The van der Waals surface area contributed by atoms with Crippen molar-refractivity contribution in [3.8, 4) is 5.75 Å². The second-order valence-electron chi connectivity index (χ2n) is 6.96. The van der Waals surface area contributed by atoms with Crippen LogP contribution in [0.3, 0.4) is 0 Å². The Bertz CT molecular complexity index is 857. The second-order valence-corrected chi connectivity index (χ2v) is 6.96. The normalized spacial score (nSPS) is 12.4. The highest BCUT2D eigenvalue weighted by molar-refractivity contribution is 5.89. The van der Waals surface area contributed by atoms with Crippen molar-refractivity contribution in [2.45, 2.75) is 38.0 Å². The van der Waals surface area contributed by atoms with E-state index in [9.17, 15) is 24.6 Å². The number of ether oxygens (including phenoxy) is 1. The number of phenols is 1. The lowest BCUT2D eigenvalue weighted by atomic mass is 10.0. The van der Waals surface area contributed by atoms with E-state index in [1.54, 1.807) is 24.3 Å². The van der Waals surface area contributed by atoms with Gasteiger partial charge in [0, 0.05) is 6.42 Å². The Morgan fingerprint density at radius 1 is 0.935 bits per heavy atom. The molecule has 0 saturated carbocycles. The van der Waals surface area contributed by atoms with E-state index in [0.29, 0.717) is 18.5 Å². The van der Waals surface area contributed by atoms with Crippen LogP contribution in [0.25, 0.3) is 0 Å². The minimum atomic E-state index is -1.22. The van der Waals surface area contributed by atoms with Gasteiger partial charge in [-0.3, -0.25) is 4.79 Å². The summed E-state index contributed by atoms with van der Waals surface area (Å²) in [6, 6.07) is 12.9. The summed E-state index contributed by atoms with van der Waals surface area (Å²) in [7, 11) is 0. The molecule has 0 spiro atoms. The van der Waals surface area contributed by atoms with E-state index >= 15 is 0 Å². The van der Waals surface area contributed by atoms with Crippen LogP contribution in [0.5, 0.6) is 5.75 Å². The van der Waals surface area contributed by atoms with Gasteiger partial charge >= 0.3 is 12.1 Å². The minimum Gasteiger partial charge on any atom is -0.508 e. The average molecular weight is 429 g/mol. The van der Waals surface area contributed by atoms with Crippen molar-refractivity contribution in [1.29, 1.82) is 0 Å². The highest BCUT2D eigenvalue weighted by Gasteiger charge is 2.27. The van der Waals surface area contributed by atoms with Crippen LogP contribution in [0, 0.1) is 0 Å². The summed E-state index contributed by atoms with van der Waals surface area (Å²) in [5.74, 6) is -1.80. The second kappa shape index (κ2) is 12.2. The molecule has 166 valence electrons. The molecule has 2 aromatic rings. The number of aliphatic carboxylic acids is 1. The molecule has 2 aromatic carbocycles. The number of carboxylic acid groups (broad SMARTS) is 1. The molecule has 2 rings (SSSR count). The van der Waals surface area contributed by atoms with Crippen molar-refractivity contribution in [2.75, 3.05) is 6.54 Å². The molecule has 9 heteroatoms. The molecule has 0 bridgehead atoms. The number of phenolic OH excluding ortho intramolecular Hbond substituents is 1. The highest BCUT2D eigenvalue weighted by Crippen LogP contribution is 2.12. The largest absolute Gasteiger partial charge is 0.508 e. The van der Waals surface area contributed by atoms with Gasteiger partial charge in [-0.1, -0.05) is 42.5 Å². The molecule has 6 N–H and O–H groups in total. The lowest BCUT2D eigenvalue weighted by molar-refractivity contribution is -0.142. The molecule has 2 atom stereocenters. The number of amides is 2.